The lowest BCUT2D eigenvalue weighted by molar-refractivity contribution is -0.123. The molecule has 0 spiro atoms. The maximum Gasteiger partial charge on any atom is 0.277 e. The number of para-hydroxylation sites is 2. The first-order valence-corrected chi connectivity index (χ1v) is 9.60. The minimum Gasteiger partial charge on any atom is -0.484 e. The fourth-order valence-electron chi connectivity index (χ4n) is 2.90. The third kappa shape index (κ3) is 5.22. The van der Waals surface area contributed by atoms with Crippen molar-refractivity contribution in [2.24, 2.45) is 5.10 Å². The van der Waals surface area contributed by atoms with Gasteiger partial charge in [-0.15, -0.1) is 0 Å². The van der Waals surface area contributed by atoms with E-state index in [-0.39, 0.29) is 18.3 Å². The number of hydrogen-bond donors (Lipinski definition) is 1. The van der Waals surface area contributed by atoms with Gasteiger partial charge in [-0.2, -0.15) is 10.2 Å². The highest BCUT2D eigenvalue weighted by Gasteiger charge is 2.11. The number of hydrogen-bond acceptors (Lipinski definition) is 4. The summed E-state index contributed by atoms with van der Waals surface area (Å²) in [5, 5.41) is 8.65. The Balaban J connectivity index is 1.51. The molecule has 1 amide bonds. The number of aromatic nitrogens is 2. The summed E-state index contributed by atoms with van der Waals surface area (Å²) in [4.78, 5) is 12.0. The molecule has 1 aromatic heterocycles. The number of carbonyl (C=O) groups is 1. The number of hydrazone groups is 1. The van der Waals surface area contributed by atoms with Gasteiger partial charge in [-0.05, 0) is 48.5 Å². The van der Waals surface area contributed by atoms with Gasteiger partial charge in [0.05, 0.1) is 11.9 Å². The monoisotopic (exact) mass is 414 g/mol. The van der Waals surface area contributed by atoms with E-state index in [4.69, 9.17) is 4.74 Å². The Bertz CT molecular complexity index is 1170. The van der Waals surface area contributed by atoms with Gasteiger partial charge in [0.1, 0.15) is 17.3 Å². The van der Waals surface area contributed by atoms with Crippen LogP contribution in [-0.4, -0.2) is 28.5 Å². The van der Waals surface area contributed by atoms with E-state index in [0.29, 0.717) is 17.0 Å². The number of ether oxygens (including phenoxy) is 1. The van der Waals surface area contributed by atoms with Crippen molar-refractivity contribution < 1.29 is 13.9 Å². The van der Waals surface area contributed by atoms with Crippen LogP contribution in [0.15, 0.2) is 96.2 Å². The average Bonchev–Trinajstić information content (AvgIpc) is 3.24. The second-order valence-corrected chi connectivity index (χ2v) is 6.61. The van der Waals surface area contributed by atoms with Gasteiger partial charge in [0, 0.05) is 17.3 Å². The Kier molecular flexibility index (Phi) is 6.13. The lowest BCUT2D eigenvalue weighted by Gasteiger charge is -2.04. The van der Waals surface area contributed by atoms with Crippen LogP contribution in [0.3, 0.4) is 0 Å². The van der Waals surface area contributed by atoms with Crippen LogP contribution in [0.2, 0.25) is 0 Å². The molecular weight excluding hydrogens is 395 g/mol. The molecule has 0 fully saturated rings. The fourth-order valence-corrected chi connectivity index (χ4v) is 2.90. The average molecular weight is 414 g/mol. The number of rotatable bonds is 7. The van der Waals surface area contributed by atoms with Crippen molar-refractivity contribution in [1.82, 2.24) is 15.2 Å². The number of halogens is 1. The lowest BCUT2D eigenvalue weighted by Crippen LogP contribution is -2.24. The highest BCUT2D eigenvalue weighted by molar-refractivity contribution is 5.89. The molecule has 31 heavy (non-hydrogen) atoms. The molecule has 0 saturated heterocycles. The first kappa shape index (κ1) is 20.0. The molecule has 0 aliphatic rings. The molecular formula is C24H19FN4O2. The number of benzene rings is 3. The molecule has 0 atom stereocenters. The second kappa shape index (κ2) is 9.49. The van der Waals surface area contributed by atoms with Crippen molar-refractivity contribution in [2.45, 2.75) is 0 Å². The maximum absolute atomic E-state index is 13.3. The number of nitrogens with zero attached hydrogens (tertiary/aromatic N) is 3. The van der Waals surface area contributed by atoms with Gasteiger partial charge in [0.25, 0.3) is 5.91 Å². The molecule has 3 aromatic carbocycles. The zero-order valence-electron chi connectivity index (χ0n) is 16.5. The van der Waals surface area contributed by atoms with Crippen LogP contribution in [0.4, 0.5) is 4.39 Å². The van der Waals surface area contributed by atoms with Crippen LogP contribution in [0.5, 0.6) is 5.75 Å². The van der Waals surface area contributed by atoms with E-state index in [1.54, 1.807) is 35.1 Å². The maximum atomic E-state index is 13.3. The Labute approximate surface area is 178 Å². The van der Waals surface area contributed by atoms with Gasteiger partial charge >= 0.3 is 0 Å². The summed E-state index contributed by atoms with van der Waals surface area (Å²) in [6.45, 7) is -0.157. The molecule has 0 aliphatic carbocycles. The minimum absolute atomic E-state index is 0.157. The van der Waals surface area contributed by atoms with E-state index in [9.17, 15) is 9.18 Å². The van der Waals surface area contributed by atoms with Crippen LogP contribution in [0.25, 0.3) is 16.9 Å². The third-order valence-corrected chi connectivity index (χ3v) is 4.39. The Morgan fingerprint density at radius 3 is 2.39 bits per heavy atom. The molecule has 6 nitrogen and oxygen atoms in total. The fraction of sp³-hybridized carbons (Fsp3) is 0.0417. The van der Waals surface area contributed by atoms with Crippen LogP contribution in [0, 0.1) is 5.82 Å². The second-order valence-electron chi connectivity index (χ2n) is 6.61. The van der Waals surface area contributed by atoms with Crippen molar-refractivity contribution in [3.63, 3.8) is 0 Å². The van der Waals surface area contributed by atoms with Crippen molar-refractivity contribution in [2.75, 3.05) is 6.61 Å². The van der Waals surface area contributed by atoms with Crippen LogP contribution in [-0.2, 0) is 4.79 Å². The molecule has 4 rings (SSSR count). The topological polar surface area (TPSA) is 68.5 Å². The van der Waals surface area contributed by atoms with E-state index >= 15 is 0 Å². The molecule has 154 valence electrons. The Morgan fingerprint density at radius 2 is 1.68 bits per heavy atom. The van der Waals surface area contributed by atoms with Gasteiger partial charge in [-0.25, -0.2) is 14.5 Å². The highest BCUT2D eigenvalue weighted by atomic mass is 19.1. The predicted octanol–water partition coefficient (Wildman–Crippen LogP) is 4.21. The molecule has 1 heterocycles. The smallest absolute Gasteiger partial charge is 0.277 e. The molecule has 7 heteroatoms. The van der Waals surface area contributed by atoms with E-state index in [0.717, 1.165) is 11.3 Å². The van der Waals surface area contributed by atoms with Crippen molar-refractivity contribution in [1.29, 1.82) is 0 Å². The summed E-state index contributed by atoms with van der Waals surface area (Å²) < 4.78 is 20.5. The van der Waals surface area contributed by atoms with Crippen LogP contribution < -0.4 is 10.2 Å². The molecule has 0 radical (unpaired) electrons. The molecule has 0 saturated carbocycles. The Hall–Kier alpha value is -4.26. The van der Waals surface area contributed by atoms with Crippen molar-refractivity contribution in [3.8, 4) is 22.7 Å². The lowest BCUT2D eigenvalue weighted by atomic mass is 10.1. The van der Waals surface area contributed by atoms with Crippen molar-refractivity contribution in [3.05, 3.63) is 103 Å². The van der Waals surface area contributed by atoms with E-state index in [2.05, 4.69) is 15.6 Å². The first-order valence-electron chi connectivity index (χ1n) is 9.60. The summed E-state index contributed by atoms with van der Waals surface area (Å²) >= 11 is 0. The summed E-state index contributed by atoms with van der Waals surface area (Å²) in [5.74, 6) is -0.115. The van der Waals surface area contributed by atoms with E-state index < -0.39 is 0 Å². The Morgan fingerprint density at radius 1 is 1.00 bits per heavy atom. The molecule has 4 aromatic rings. The van der Waals surface area contributed by atoms with E-state index in [1.165, 1.54) is 18.3 Å². The van der Waals surface area contributed by atoms with Gasteiger partial charge in [0.2, 0.25) is 0 Å². The summed E-state index contributed by atoms with van der Waals surface area (Å²) in [6, 6.07) is 24.7. The van der Waals surface area contributed by atoms with E-state index in [1.807, 2.05) is 48.5 Å². The third-order valence-electron chi connectivity index (χ3n) is 4.39. The summed E-state index contributed by atoms with van der Waals surface area (Å²) in [6.07, 6.45) is 3.30. The van der Waals surface area contributed by atoms with Crippen LogP contribution >= 0.6 is 0 Å². The van der Waals surface area contributed by atoms with Crippen molar-refractivity contribution >= 4 is 12.1 Å². The highest BCUT2D eigenvalue weighted by Crippen LogP contribution is 2.23. The predicted molar refractivity (Wildman–Crippen MR) is 117 cm³/mol. The summed E-state index contributed by atoms with van der Waals surface area (Å²) in [7, 11) is 0. The molecule has 1 N–H and O–H groups in total. The van der Waals surface area contributed by atoms with Gasteiger partial charge in [-0.3, -0.25) is 4.79 Å². The molecule has 0 unspecified atom stereocenters. The number of carbonyl (C=O) groups excluding carboxylic acids is 1. The molecule has 0 aliphatic heterocycles. The first-order chi connectivity index (χ1) is 15.2. The zero-order chi connectivity index (χ0) is 21.5. The standard InChI is InChI=1S/C24H19FN4O2/c25-20-13-11-18(12-14-20)24-19(16-29(28-24)21-7-3-1-4-8-21)15-26-27-23(30)17-31-22-9-5-2-6-10-22/h1-16H,17H2,(H,27,30)/b26-15-. The zero-order valence-corrected chi connectivity index (χ0v) is 16.5. The summed E-state index contributed by atoms with van der Waals surface area (Å²) in [5.41, 5.74) is 5.33. The quantitative estimate of drug-likeness (QED) is 0.364. The van der Waals surface area contributed by atoms with Crippen LogP contribution in [0.1, 0.15) is 5.56 Å². The molecule has 0 bridgehead atoms. The number of amides is 1. The van der Waals surface area contributed by atoms with Gasteiger partial charge in [0.15, 0.2) is 6.61 Å². The number of nitrogens with one attached hydrogen (secondary N) is 1. The SMILES string of the molecule is O=C(COc1ccccc1)N/N=C\c1cn(-c2ccccc2)nc1-c1ccc(F)cc1. The normalized spacial score (nSPS) is 10.9. The van der Waals surface area contributed by atoms with Gasteiger partial charge < -0.3 is 4.74 Å². The van der Waals surface area contributed by atoms with Gasteiger partial charge in [-0.1, -0.05) is 36.4 Å². The largest absolute Gasteiger partial charge is 0.484 e. The minimum atomic E-state index is -0.390.